The number of amides is 1. The average molecular weight is 210 g/mol. The van der Waals surface area contributed by atoms with Crippen LogP contribution in [-0.4, -0.2) is 19.1 Å². The van der Waals surface area contributed by atoms with Gasteiger partial charge in [0.2, 0.25) is 0 Å². The quantitative estimate of drug-likeness (QED) is 0.529. The van der Waals surface area contributed by atoms with Crippen molar-refractivity contribution in [2.24, 2.45) is 17.4 Å². The maximum Gasteiger partial charge on any atom is 0.264 e. The van der Waals surface area contributed by atoms with Crippen LogP contribution in [0.4, 0.5) is 0 Å². The van der Waals surface area contributed by atoms with E-state index in [4.69, 9.17) is 16.2 Å². The lowest BCUT2D eigenvalue weighted by Gasteiger charge is -2.20. The monoisotopic (exact) mass is 210 g/mol. The third kappa shape index (κ3) is 4.65. The van der Waals surface area contributed by atoms with Gasteiger partial charge in [-0.2, -0.15) is 0 Å². The Morgan fingerprint density at radius 1 is 1.47 bits per heavy atom. The largest absolute Gasteiger partial charge is 0.394 e. The molecule has 1 atom stereocenters. The molecule has 4 nitrogen and oxygen atoms in total. The van der Waals surface area contributed by atoms with E-state index in [9.17, 15) is 4.79 Å². The Bertz CT molecular complexity index is 266. The van der Waals surface area contributed by atoms with Crippen molar-refractivity contribution in [3.8, 4) is 0 Å². The molecule has 0 spiro atoms. The van der Waals surface area contributed by atoms with Crippen molar-refractivity contribution < 1.29 is 9.53 Å². The minimum absolute atomic E-state index is 0.0890. The van der Waals surface area contributed by atoms with Crippen LogP contribution >= 0.6 is 0 Å². The van der Waals surface area contributed by atoms with Gasteiger partial charge in [-0.3, -0.25) is 4.79 Å². The first-order chi connectivity index (χ1) is 7.20. The number of hydrogen-bond donors (Lipinski definition) is 2. The Kier molecular flexibility index (Phi) is 4.90. The molecule has 1 aliphatic rings. The lowest BCUT2D eigenvalue weighted by Crippen LogP contribution is -2.19. The standard InChI is InChI=1S/C11H18N2O2/c12-10(11(13)14)6-2-1-4-9-5-3-7-15-8-9/h1-2,6,9H,3-5,7-8,12H2,(H2,13,14)/b2-1-,10-6+/t9-/m1/s1. The average Bonchev–Trinajstić information content (AvgIpc) is 2.25. The van der Waals surface area contributed by atoms with Crippen molar-refractivity contribution in [3.05, 3.63) is 23.9 Å². The van der Waals surface area contributed by atoms with Crippen LogP contribution in [-0.2, 0) is 9.53 Å². The highest BCUT2D eigenvalue weighted by atomic mass is 16.5. The molecule has 0 aromatic rings. The van der Waals surface area contributed by atoms with Crippen LogP contribution in [0.1, 0.15) is 19.3 Å². The summed E-state index contributed by atoms with van der Waals surface area (Å²) in [6.45, 7) is 1.72. The Labute approximate surface area is 90.0 Å². The fourth-order valence-electron chi connectivity index (χ4n) is 1.52. The Balaban J connectivity index is 2.26. The summed E-state index contributed by atoms with van der Waals surface area (Å²) in [6.07, 6.45) is 8.61. The van der Waals surface area contributed by atoms with Gasteiger partial charge in [-0.05, 0) is 31.3 Å². The fraction of sp³-hybridized carbons (Fsp3) is 0.545. The van der Waals surface area contributed by atoms with Gasteiger partial charge in [0.25, 0.3) is 5.91 Å². The van der Waals surface area contributed by atoms with Crippen LogP contribution < -0.4 is 11.5 Å². The molecule has 0 radical (unpaired) electrons. The van der Waals surface area contributed by atoms with E-state index in [0.717, 1.165) is 26.1 Å². The van der Waals surface area contributed by atoms with Crippen LogP contribution in [0, 0.1) is 5.92 Å². The SMILES string of the molecule is NC(=O)/C(N)=C\C=C/C[C@@H]1CCCOC1. The summed E-state index contributed by atoms with van der Waals surface area (Å²) in [6, 6.07) is 0. The first kappa shape index (κ1) is 11.8. The highest BCUT2D eigenvalue weighted by Gasteiger charge is 2.11. The van der Waals surface area contributed by atoms with Gasteiger partial charge in [-0.1, -0.05) is 12.2 Å². The summed E-state index contributed by atoms with van der Waals surface area (Å²) in [4.78, 5) is 10.6. The normalized spacial score (nSPS) is 23.2. The predicted molar refractivity (Wildman–Crippen MR) is 58.8 cm³/mol. The lowest BCUT2D eigenvalue weighted by molar-refractivity contribution is -0.114. The van der Waals surface area contributed by atoms with Crippen molar-refractivity contribution >= 4 is 5.91 Å². The predicted octanol–water partition coefficient (Wildman–Crippen LogP) is 0.687. The summed E-state index contributed by atoms with van der Waals surface area (Å²) in [5.74, 6) is 0.0128. The third-order valence-corrected chi connectivity index (χ3v) is 2.42. The van der Waals surface area contributed by atoms with Gasteiger partial charge in [0.15, 0.2) is 0 Å². The highest BCUT2D eigenvalue weighted by molar-refractivity contribution is 5.91. The fourth-order valence-corrected chi connectivity index (χ4v) is 1.52. The summed E-state index contributed by atoms with van der Waals surface area (Å²) >= 11 is 0. The van der Waals surface area contributed by atoms with E-state index < -0.39 is 5.91 Å². The number of primary amides is 1. The zero-order valence-corrected chi connectivity index (χ0v) is 8.82. The minimum atomic E-state index is -0.583. The highest BCUT2D eigenvalue weighted by Crippen LogP contribution is 2.17. The molecule has 0 saturated carbocycles. The van der Waals surface area contributed by atoms with Crippen LogP contribution in [0.3, 0.4) is 0 Å². The van der Waals surface area contributed by atoms with E-state index in [1.165, 1.54) is 12.5 Å². The van der Waals surface area contributed by atoms with Gasteiger partial charge in [-0.25, -0.2) is 0 Å². The molecule has 4 N–H and O–H groups in total. The summed E-state index contributed by atoms with van der Waals surface area (Å²) in [7, 11) is 0. The Hall–Kier alpha value is -1.29. The number of carbonyl (C=O) groups is 1. The zero-order valence-electron chi connectivity index (χ0n) is 8.82. The molecule has 1 fully saturated rings. The number of rotatable bonds is 4. The maximum atomic E-state index is 10.6. The molecule has 0 aromatic carbocycles. The molecular formula is C11H18N2O2. The second-order valence-corrected chi connectivity index (χ2v) is 3.73. The van der Waals surface area contributed by atoms with Gasteiger partial charge < -0.3 is 16.2 Å². The van der Waals surface area contributed by atoms with Crippen LogP contribution in [0.15, 0.2) is 23.9 Å². The van der Waals surface area contributed by atoms with Gasteiger partial charge in [0.05, 0.1) is 5.70 Å². The summed E-state index contributed by atoms with van der Waals surface area (Å²) in [5.41, 5.74) is 10.4. The molecule has 1 saturated heterocycles. The van der Waals surface area contributed by atoms with Crippen LogP contribution in [0.25, 0.3) is 0 Å². The molecule has 0 bridgehead atoms. The maximum absolute atomic E-state index is 10.6. The van der Waals surface area contributed by atoms with Crippen molar-refractivity contribution in [2.45, 2.75) is 19.3 Å². The Morgan fingerprint density at radius 2 is 2.27 bits per heavy atom. The summed E-state index contributed by atoms with van der Waals surface area (Å²) in [5, 5.41) is 0. The van der Waals surface area contributed by atoms with E-state index in [0.29, 0.717) is 5.92 Å². The second-order valence-electron chi connectivity index (χ2n) is 3.73. The van der Waals surface area contributed by atoms with E-state index in [2.05, 4.69) is 0 Å². The molecule has 1 heterocycles. The summed E-state index contributed by atoms with van der Waals surface area (Å²) < 4.78 is 5.35. The van der Waals surface area contributed by atoms with Gasteiger partial charge in [-0.15, -0.1) is 0 Å². The molecule has 1 aliphatic heterocycles. The van der Waals surface area contributed by atoms with E-state index in [1.54, 1.807) is 6.08 Å². The molecule has 4 heteroatoms. The molecule has 0 aliphatic carbocycles. The number of carbonyl (C=O) groups excluding carboxylic acids is 1. The van der Waals surface area contributed by atoms with Gasteiger partial charge in [0.1, 0.15) is 0 Å². The molecule has 0 unspecified atom stereocenters. The molecule has 84 valence electrons. The molecule has 15 heavy (non-hydrogen) atoms. The number of ether oxygens (including phenoxy) is 1. The molecular weight excluding hydrogens is 192 g/mol. The van der Waals surface area contributed by atoms with Gasteiger partial charge >= 0.3 is 0 Å². The van der Waals surface area contributed by atoms with Crippen molar-refractivity contribution in [1.82, 2.24) is 0 Å². The number of nitrogens with two attached hydrogens (primary N) is 2. The Morgan fingerprint density at radius 3 is 2.87 bits per heavy atom. The second kappa shape index (κ2) is 6.24. The smallest absolute Gasteiger partial charge is 0.264 e. The molecule has 0 aromatic heterocycles. The topological polar surface area (TPSA) is 78.3 Å². The molecule has 1 amide bonds. The number of hydrogen-bond acceptors (Lipinski definition) is 3. The first-order valence-corrected chi connectivity index (χ1v) is 5.20. The lowest BCUT2D eigenvalue weighted by atomic mass is 9.98. The van der Waals surface area contributed by atoms with Crippen molar-refractivity contribution in [1.29, 1.82) is 0 Å². The number of allylic oxidation sites excluding steroid dienone is 3. The van der Waals surface area contributed by atoms with Crippen molar-refractivity contribution in [3.63, 3.8) is 0 Å². The van der Waals surface area contributed by atoms with Crippen LogP contribution in [0.2, 0.25) is 0 Å². The van der Waals surface area contributed by atoms with E-state index in [-0.39, 0.29) is 5.70 Å². The van der Waals surface area contributed by atoms with Gasteiger partial charge in [0, 0.05) is 13.2 Å². The zero-order chi connectivity index (χ0) is 11.1. The van der Waals surface area contributed by atoms with Crippen molar-refractivity contribution in [2.75, 3.05) is 13.2 Å². The first-order valence-electron chi connectivity index (χ1n) is 5.20. The molecule has 1 rings (SSSR count). The van der Waals surface area contributed by atoms with E-state index >= 15 is 0 Å². The third-order valence-electron chi connectivity index (χ3n) is 2.42. The van der Waals surface area contributed by atoms with Crippen LogP contribution in [0.5, 0.6) is 0 Å². The van der Waals surface area contributed by atoms with E-state index in [1.807, 2.05) is 6.08 Å². The minimum Gasteiger partial charge on any atom is -0.394 e.